The van der Waals surface area contributed by atoms with E-state index < -0.39 is 0 Å². The Labute approximate surface area is 105 Å². The molecule has 1 amide bonds. The van der Waals surface area contributed by atoms with Crippen molar-refractivity contribution in [3.8, 4) is 11.5 Å². The molecule has 0 radical (unpaired) electrons. The van der Waals surface area contributed by atoms with Gasteiger partial charge in [0, 0.05) is 12.6 Å². The minimum atomic E-state index is -0.168. The van der Waals surface area contributed by atoms with E-state index in [2.05, 4.69) is 5.32 Å². The number of carbonyl (C=O) groups is 1. The first-order valence-electron chi connectivity index (χ1n) is 5.55. The van der Waals surface area contributed by atoms with Crippen LogP contribution in [-0.4, -0.2) is 5.91 Å². The summed E-state index contributed by atoms with van der Waals surface area (Å²) in [4.78, 5) is 11.1. The van der Waals surface area contributed by atoms with Gasteiger partial charge in [-0.2, -0.15) is 0 Å². The number of nitrogens with one attached hydrogen (secondary N) is 1. The van der Waals surface area contributed by atoms with Gasteiger partial charge in [-0.15, -0.1) is 0 Å². The summed E-state index contributed by atoms with van der Waals surface area (Å²) < 4.78 is 5.70. The molecule has 0 aromatic heterocycles. The Morgan fingerprint density at radius 3 is 2.56 bits per heavy atom. The molecule has 0 aliphatic carbocycles. The normalized spacial score (nSPS) is 9.83. The van der Waals surface area contributed by atoms with Crippen LogP contribution < -0.4 is 15.8 Å². The molecule has 0 atom stereocenters. The van der Waals surface area contributed by atoms with Crippen LogP contribution >= 0.6 is 0 Å². The van der Waals surface area contributed by atoms with Gasteiger partial charge in [0.15, 0.2) is 5.75 Å². The molecular weight excluding hydrogens is 228 g/mol. The standard InChI is InChI=1S/C14H14N2O2/c1-10(17)16-13-9-11(15)7-8-14(13)18-12-5-3-2-4-6-12/h2-9H,15H2,1H3,(H,16,17). The van der Waals surface area contributed by atoms with Crippen molar-refractivity contribution in [2.45, 2.75) is 6.92 Å². The average molecular weight is 242 g/mol. The quantitative estimate of drug-likeness (QED) is 0.813. The fraction of sp³-hybridized carbons (Fsp3) is 0.0714. The molecule has 0 saturated carbocycles. The van der Waals surface area contributed by atoms with E-state index in [1.807, 2.05) is 30.3 Å². The van der Waals surface area contributed by atoms with Crippen LogP contribution in [0.1, 0.15) is 6.92 Å². The minimum Gasteiger partial charge on any atom is -0.455 e. The predicted molar refractivity (Wildman–Crippen MR) is 71.7 cm³/mol. The lowest BCUT2D eigenvalue weighted by molar-refractivity contribution is -0.114. The Kier molecular flexibility index (Phi) is 3.48. The van der Waals surface area contributed by atoms with Crippen LogP contribution in [0.3, 0.4) is 0 Å². The van der Waals surface area contributed by atoms with E-state index in [0.717, 1.165) is 0 Å². The average Bonchev–Trinajstić information content (AvgIpc) is 2.33. The van der Waals surface area contributed by atoms with Crippen LogP contribution in [0.4, 0.5) is 11.4 Å². The Morgan fingerprint density at radius 1 is 1.17 bits per heavy atom. The smallest absolute Gasteiger partial charge is 0.221 e. The Balaban J connectivity index is 2.29. The highest BCUT2D eigenvalue weighted by molar-refractivity contribution is 5.91. The van der Waals surface area contributed by atoms with Gasteiger partial charge in [-0.1, -0.05) is 18.2 Å². The molecular formula is C14H14N2O2. The van der Waals surface area contributed by atoms with Crippen LogP contribution in [0.25, 0.3) is 0 Å². The van der Waals surface area contributed by atoms with Crippen molar-refractivity contribution in [1.82, 2.24) is 0 Å². The number of para-hydroxylation sites is 1. The second kappa shape index (κ2) is 5.23. The molecule has 0 unspecified atom stereocenters. The second-order valence-corrected chi connectivity index (χ2v) is 3.85. The van der Waals surface area contributed by atoms with E-state index in [1.165, 1.54) is 6.92 Å². The number of anilines is 2. The number of nitrogens with two attached hydrogens (primary N) is 1. The first kappa shape index (κ1) is 12.0. The van der Waals surface area contributed by atoms with E-state index in [9.17, 15) is 4.79 Å². The molecule has 2 rings (SSSR count). The molecule has 2 aromatic carbocycles. The highest BCUT2D eigenvalue weighted by Crippen LogP contribution is 2.31. The third-order valence-electron chi connectivity index (χ3n) is 2.29. The number of nitrogen functional groups attached to an aromatic ring is 1. The van der Waals surface area contributed by atoms with Crippen LogP contribution in [0.5, 0.6) is 11.5 Å². The monoisotopic (exact) mass is 242 g/mol. The summed E-state index contributed by atoms with van der Waals surface area (Å²) in [5.41, 5.74) is 6.82. The molecule has 0 aliphatic heterocycles. The van der Waals surface area contributed by atoms with Crippen molar-refractivity contribution in [3.05, 3.63) is 48.5 Å². The summed E-state index contributed by atoms with van der Waals surface area (Å²) >= 11 is 0. The molecule has 2 aromatic rings. The number of rotatable bonds is 3. The summed E-state index contributed by atoms with van der Waals surface area (Å²) in [6.45, 7) is 1.44. The van der Waals surface area contributed by atoms with E-state index in [-0.39, 0.29) is 5.91 Å². The molecule has 0 fully saturated rings. The molecule has 3 N–H and O–H groups in total. The fourth-order valence-electron chi connectivity index (χ4n) is 1.54. The topological polar surface area (TPSA) is 64.4 Å². The number of hydrogen-bond donors (Lipinski definition) is 2. The zero-order valence-corrected chi connectivity index (χ0v) is 10.0. The van der Waals surface area contributed by atoms with Gasteiger partial charge in [-0.05, 0) is 30.3 Å². The molecule has 0 aliphatic rings. The maximum absolute atomic E-state index is 11.1. The van der Waals surface area contributed by atoms with E-state index in [0.29, 0.717) is 22.9 Å². The van der Waals surface area contributed by atoms with E-state index in [4.69, 9.17) is 10.5 Å². The summed E-state index contributed by atoms with van der Waals surface area (Å²) in [6.07, 6.45) is 0. The molecule has 18 heavy (non-hydrogen) atoms. The first-order valence-corrected chi connectivity index (χ1v) is 5.55. The van der Waals surface area contributed by atoms with Crippen LogP contribution in [0, 0.1) is 0 Å². The fourth-order valence-corrected chi connectivity index (χ4v) is 1.54. The zero-order chi connectivity index (χ0) is 13.0. The van der Waals surface area contributed by atoms with Crippen molar-refractivity contribution in [2.24, 2.45) is 0 Å². The molecule has 4 nitrogen and oxygen atoms in total. The number of benzene rings is 2. The van der Waals surface area contributed by atoms with E-state index >= 15 is 0 Å². The van der Waals surface area contributed by atoms with Crippen molar-refractivity contribution in [3.63, 3.8) is 0 Å². The molecule has 92 valence electrons. The van der Waals surface area contributed by atoms with Crippen LogP contribution in [-0.2, 0) is 4.79 Å². The number of hydrogen-bond acceptors (Lipinski definition) is 3. The predicted octanol–water partition coefficient (Wildman–Crippen LogP) is 3.02. The molecule has 0 saturated heterocycles. The van der Waals surface area contributed by atoms with Gasteiger partial charge in [0.25, 0.3) is 0 Å². The SMILES string of the molecule is CC(=O)Nc1cc(N)ccc1Oc1ccccc1. The van der Waals surface area contributed by atoms with Gasteiger partial charge in [0.05, 0.1) is 5.69 Å². The third-order valence-corrected chi connectivity index (χ3v) is 2.29. The van der Waals surface area contributed by atoms with Crippen molar-refractivity contribution >= 4 is 17.3 Å². The number of carbonyl (C=O) groups excluding carboxylic acids is 1. The van der Waals surface area contributed by atoms with Crippen molar-refractivity contribution in [1.29, 1.82) is 0 Å². The number of ether oxygens (including phenoxy) is 1. The Hall–Kier alpha value is -2.49. The molecule has 4 heteroatoms. The maximum atomic E-state index is 11.1. The van der Waals surface area contributed by atoms with Gasteiger partial charge in [0.1, 0.15) is 5.75 Å². The third kappa shape index (κ3) is 3.01. The number of amides is 1. The lowest BCUT2D eigenvalue weighted by Crippen LogP contribution is -2.07. The largest absolute Gasteiger partial charge is 0.455 e. The van der Waals surface area contributed by atoms with Gasteiger partial charge in [-0.3, -0.25) is 4.79 Å². The van der Waals surface area contributed by atoms with E-state index in [1.54, 1.807) is 18.2 Å². The van der Waals surface area contributed by atoms with Crippen LogP contribution in [0.2, 0.25) is 0 Å². The lowest BCUT2D eigenvalue weighted by Gasteiger charge is -2.12. The maximum Gasteiger partial charge on any atom is 0.221 e. The zero-order valence-electron chi connectivity index (χ0n) is 10.0. The minimum absolute atomic E-state index is 0.168. The van der Waals surface area contributed by atoms with Gasteiger partial charge >= 0.3 is 0 Å². The van der Waals surface area contributed by atoms with Crippen molar-refractivity contribution < 1.29 is 9.53 Å². The Bertz CT molecular complexity index is 553. The summed E-state index contributed by atoms with van der Waals surface area (Å²) in [7, 11) is 0. The summed E-state index contributed by atoms with van der Waals surface area (Å²) in [6, 6.07) is 14.5. The van der Waals surface area contributed by atoms with Crippen LogP contribution in [0.15, 0.2) is 48.5 Å². The summed E-state index contributed by atoms with van der Waals surface area (Å²) in [5.74, 6) is 1.10. The first-order chi connectivity index (χ1) is 8.65. The van der Waals surface area contributed by atoms with Gasteiger partial charge in [-0.25, -0.2) is 0 Å². The molecule has 0 heterocycles. The molecule has 0 bridgehead atoms. The van der Waals surface area contributed by atoms with Crippen molar-refractivity contribution in [2.75, 3.05) is 11.1 Å². The highest BCUT2D eigenvalue weighted by Gasteiger charge is 2.06. The lowest BCUT2D eigenvalue weighted by atomic mass is 10.2. The highest BCUT2D eigenvalue weighted by atomic mass is 16.5. The van der Waals surface area contributed by atoms with Gasteiger partial charge in [0.2, 0.25) is 5.91 Å². The molecule has 0 spiro atoms. The van der Waals surface area contributed by atoms with Gasteiger partial charge < -0.3 is 15.8 Å². The Morgan fingerprint density at radius 2 is 1.89 bits per heavy atom. The summed E-state index contributed by atoms with van der Waals surface area (Å²) in [5, 5.41) is 2.69. The second-order valence-electron chi connectivity index (χ2n) is 3.85.